The molecule has 1 N–H and O–H groups in total. The summed E-state index contributed by atoms with van der Waals surface area (Å²) < 4.78 is 10.7. The van der Waals surface area contributed by atoms with Gasteiger partial charge in [0.1, 0.15) is 5.75 Å². The van der Waals surface area contributed by atoms with E-state index in [0.29, 0.717) is 30.4 Å². The summed E-state index contributed by atoms with van der Waals surface area (Å²) in [6.45, 7) is 4.38. The Morgan fingerprint density at radius 3 is 2.79 bits per heavy atom. The number of benzene rings is 1. The number of ether oxygens (including phenoxy) is 2. The molecule has 0 aliphatic carbocycles. The van der Waals surface area contributed by atoms with Crippen molar-refractivity contribution < 1.29 is 14.3 Å². The summed E-state index contributed by atoms with van der Waals surface area (Å²) in [4.78, 5) is 16.3. The van der Waals surface area contributed by atoms with E-state index in [9.17, 15) is 4.79 Å². The van der Waals surface area contributed by atoms with Crippen LogP contribution in [0.3, 0.4) is 0 Å². The molecule has 2 amide bonds. The standard InChI is InChI=1S/C17H24ClN3O3/c1-23-16-5-4-13(11-15(16)18)20-6-8-21(9-7-20)17(22)19-12-14-3-2-10-24-14/h4-5,11,14H,2-3,6-10,12H2,1H3,(H,19,22). The summed E-state index contributed by atoms with van der Waals surface area (Å²) in [7, 11) is 1.61. The molecule has 2 heterocycles. The Hall–Kier alpha value is -1.66. The molecule has 1 aromatic rings. The van der Waals surface area contributed by atoms with Gasteiger partial charge in [-0.1, -0.05) is 11.6 Å². The Kier molecular flexibility index (Phi) is 5.68. The van der Waals surface area contributed by atoms with Gasteiger partial charge in [0.05, 0.1) is 18.2 Å². The van der Waals surface area contributed by atoms with Crippen LogP contribution in [0.25, 0.3) is 0 Å². The van der Waals surface area contributed by atoms with E-state index in [1.54, 1.807) is 7.11 Å². The zero-order chi connectivity index (χ0) is 16.9. The number of nitrogens with one attached hydrogen (secondary N) is 1. The van der Waals surface area contributed by atoms with Gasteiger partial charge in [-0.25, -0.2) is 4.79 Å². The lowest BCUT2D eigenvalue weighted by molar-refractivity contribution is 0.108. The molecule has 2 fully saturated rings. The highest BCUT2D eigenvalue weighted by Crippen LogP contribution is 2.29. The zero-order valence-corrected chi connectivity index (χ0v) is 14.7. The summed E-state index contributed by atoms with van der Waals surface area (Å²) >= 11 is 6.19. The lowest BCUT2D eigenvalue weighted by atomic mass is 10.2. The number of piperazine rings is 1. The maximum absolute atomic E-state index is 12.2. The second-order valence-electron chi connectivity index (χ2n) is 6.11. The summed E-state index contributed by atoms with van der Waals surface area (Å²) in [6.07, 6.45) is 2.30. The highest BCUT2D eigenvalue weighted by molar-refractivity contribution is 6.32. The van der Waals surface area contributed by atoms with E-state index < -0.39 is 0 Å². The predicted octanol–water partition coefficient (Wildman–Crippen LogP) is 2.36. The molecule has 1 aromatic carbocycles. The van der Waals surface area contributed by atoms with Gasteiger partial charge >= 0.3 is 6.03 Å². The predicted molar refractivity (Wildman–Crippen MR) is 94.2 cm³/mol. The van der Waals surface area contributed by atoms with Crippen LogP contribution in [0.15, 0.2) is 18.2 Å². The highest BCUT2D eigenvalue weighted by Gasteiger charge is 2.23. The van der Waals surface area contributed by atoms with Gasteiger partial charge in [0, 0.05) is 45.0 Å². The van der Waals surface area contributed by atoms with E-state index in [1.807, 2.05) is 23.1 Å². The van der Waals surface area contributed by atoms with Crippen LogP contribution in [0.4, 0.5) is 10.5 Å². The lowest BCUT2D eigenvalue weighted by Gasteiger charge is -2.36. The van der Waals surface area contributed by atoms with Gasteiger partial charge in [-0.05, 0) is 31.0 Å². The van der Waals surface area contributed by atoms with E-state index in [0.717, 1.165) is 38.2 Å². The Balaban J connectivity index is 1.48. The topological polar surface area (TPSA) is 54.0 Å². The molecule has 2 aliphatic heterocycles. The molecule has 132 valence electrons. The van der Waals surface area contributed by atoms with Crippen LogP contribution in [-0.4, -0.2) is 63.5 Å². The fourth-order valence-corrected chi connectivity index (χ4v) is 3.39. The van der Waals surface area contributed by atoms with Crippen LogP contribution < -0.4 is 15.0 Å². The van der Waals surface area contributed by atoms with E-state index in [-0.39, 0.29) is 12.1 Å². The summed E-state index contributed by atoms with van der Waals surface area (Å²) in [5.74, 6) is 0.674. The minimum atomic E-state index is -0.00193. The Morgan fingerprint density at radius 1 is 1.38 bits per heavy atom. The second-order valence-corrected chi connectivity index (χ2v) is 6.52. The lowest BCUT2D eigenvalue weighted by Crippen LogP contribution is -2.52. The van der Waals surface area contributed by atoms with E-state index >= 15 is 0 Å². The average molecular weight is 354 g/mol. The Bertz CT molecular complexity index is 570. The monoisotopic (exact) mass is 353 g/mol. The van der Waals surface area contributed by atoms with Crippen molar-refractivity contribution in [3.8, 4) is 5.75 Å². The van der Waals surface area contributed by atoms with E-state index in [1.165, 1.54) is 0 Å². The number of rotatable bonds is 4. The number of carbonyl (C=O) groups excluding carboxylic acids is 1. The Morgan fingerprint density at radius 2 is 2.17 bits per heavy atom. The first-order chi connectivity index (χ1) is 11.7. The van der Waals surface area contributed by atoms with Gasteiger partial charge in [0.25, 0.3) is 0 Å². The molecule has 2 aliphatic rings. The van der Waals surface area contributed by atoms with Crippen molar-refractivity contribution in [3.05, 3.63) is 23.2 Å². The molecule has 0 saturated carbocycles. The molecule has 7 heteroatoms. The van der Waals surface area contributed by atoms with Crippen LogP contribution in [0.5, 0.6) is 5.75 Å². The minimum Gasteiger partial charge on any atom is -0.495 e. The molecule has 2 saturated heterocycles. The van der Waals surface area contributed by atoms with Crippen molar-refractivity contribution in [3.63, 3.8) is 0 Å². The van der Waals surface area contributed by atoms with Gasteiger partial charge in [0.2, 0.25) is 0 Å². The number of carbonyl (C=O) groups is 1. The quantitative estimate of drug-likeness (QED) is 0.902. The third kappa shape index (κ3) is 4.05. The van der Waals surface area contributed by atoms with Gasteiger partial charge in [-0.15, -0.1) is 0 Å². The van der Waals surface area contributed by atoms with Crippen LogP contribution in [0, 0.1) is 0 Å². The number of methoxy groups -OCH3 is 1. The number of urea groups is 1. The van der Waals surface area contributed by atoms with Crippen molar-refractivity contribution in [1.82, 2.24) is 10.2 Å². The first-order valence-electron chi connectivity index (χ1n) is 8.40. The SMILES string of the molecule is COc1ccc(N2CCN(C(=O)NCC3CCCO3)CC2)cc1Cl. The fraction of sp³-hybridized carbons (Fsp3) is 0.588. The molecule has 1 atom stereocenters. The van der Waals surface area contributed by atoms with Crippen LogP contribution >= 0.6 is 11.6 Å². The molecule has 3 rings (SSSR count). The zero-order valence-electron chi connectivity index (χ0n) is 14.0. The summed E-state index contributed by atoms with van der Waals surface area (Å²) in [5.41, 5.74) is 1.06. The number of hydrogen-bond donors (Lipinski definition) is 1. The van der Waals surface area contributed by atoms with Crippen molar-refractivity contribution in [1.29, 1.82) is 0 Å². The maximum atomic E-state index is 12.2. The molecule has 0 bridgehead atoms. The van der Waals surface area contributed by atoms with E-state index in [2.05, 4.69) is 10.2 Å². The Labute approximate surface area is 147 Å². The molecule has 6 nitrogen and oxygen atoms in total. The molecular formula is C17H24ClN3O3. The number of nitrogens with zero attached hydrogens (tertiary/aromatic N) is 2. The van der Waals surface area contributed by atoms with Crippen molar-refractivity contribution >= 4 is 23.3 Å². The maximum Gasteiger partial charge on any atom is 0.317 e. The summed E-state index contributed by atoms with van der Waals surface area (Å²) in [6, 6.07) is 5.78. The van der Waals surface area contributed by atoms with Crippen LogP contribution in [0.1, 0.15) is 12.8 Å². The van der Waals surface area contributed by atoms with Crippen molar-refractivity contribution in [2.75, 3.05) is 51.3 Å². The average Bonchev–Trinajstić information content (AvgIpc) is 3.13. The van der Waals surface area contributed by atoms with Gasteiger partial charge in [-0.3, -0.25) is 0 Å². The molecule has 0 spiro atoms. The van der Waals surface area contributed by atoms with Crippen molar-refractivity contribution in [2.45, 2.75) is 18.9 Å². The molecular weight excluding hydrogens is 330 g/mol. The smallest absolute Gasteiger partial charge is 0.317 e. The third-order valence-electron chi connectivity index (χ3n) is 4.57. The molecule has 24 heavy (non-hydrogen) atoms. The minimum absolute atomic E-state index is 0.00193. The van der Waals surface area contributed by atoms with Gasteiger partial charge in [-0.2, -0.15) is 0 Å². The molecule has 0 radical (unpaired) electrons. The highest BCUT2D eigenvalue weighted by atomic mass is 35.5. The number of amides is 2. The fourth-order valence-electron chi connectivity index (χ4n) is 3.14. The first kappa shape index (κ1) is 17.2. The van der Waals surface area contributed by atoms with Gasteiger partial charge < -0.3 is 24.6 Å². The van der Waals surface area contributed by atoms with Crippen LogP contribution in [-0.2, 0) is 4.74 Å². The van der Waals surface area contributed by atoms with E-state index in [4.69, 9.17) is 21.1 Å². The molecule has 1 unspecified atom stereocenters. The number of anilines is 1. The molecule has 0 aromatic heterocycles. The van der Waals surface area contributed by atoms with Gasteiger partial charge in [0.15, 0.2) is 0 Å². The number of halogens is 1. The van der Waals surface area contributed by atoms with Crippen molar-refractivity contribution in [2.24, 2.45) is 0 Å². The summed E-state index contributed by atoms with van der Waals surface area (Å²) in [5, 5.41) is 3.58. The largest absolute Gasteiger partial charge is 0.495 e. The third-order valence-corrected chi connectivity index (χ3v) is 4.87. The van der Waals surface area contributed by atoms with Crippen LogP contribution in [0.2, 0.25) is 5.02 Å². The second kappa shape index (κ2) is 7.94. The number of hydrogen-bond acceptors (Lipinski definition) is 4. The first-order valence-corrected chi connectivity index (χ1v) is 8.78. The normalized spacial score (nSPS) is 21.0.